The van der Waals surface area contributed by atoms with Crippen LogP contribution in [-0.4, -0.2) is 31.7 Å². The summed E-state index contributed by atoms with van der Waals surface area (Å²) in [5, 5.41) is 1.89. The van der Waals surface area contributed by atoms with E-state index in [1.54, 1.807) is 0 Å². The lowest BCUT2D eigenvalue weighted by atomic mass is 10.3. The summed E-state index contributed by atoms with van der Waals surface area (Å²) in [5.74, 6) is 0.0573. The fourth-order valence-corrected chi connectivity index (χ4v) is 1.66. The van der Waals surface area contributed by atoms with Gasteiger partial charge in [0.25, 0.3) is 0 Å². The topological polar surface area (TPSA) is 35.5 Å². The van der Waals surface area contributed by atoms with Gasteiger partial charge in [-0.2, -0.15) is 0 Å². The van der Waals surface area contributed by atoms with Gasteiger partial charge in [-0.15, -0.1) is 11.3 Å². The molecule has 1 saturated heterocycles. The average Bonchev–Trinajstić information content (AvgIpc) is 2.52. The molecule has 0 N–H and O–H groups in total. The fourth-order valence-electron chi connectivity index (χ4n) is 1.01. The SMILES string of the molecule is O=C(COC1COC1)c1cccs1. The molecule has 0 radical (unpaired) electrons. The van der Waals surface area contributed by atoms with Gasteiger partial charge in [0.05, 0.1) is 18.1 Å². The summed E-state index contributed by atoms with van der Waals surface area (Å²) in [4.78, 5) is 12.2. The van der Waals surface area contributed by atoms with Crippen molar-refractivity contribution < 1.29 is 14.3 Å². The maximum atomic E-state index is 11.4. The van der Waals surface area contributed by atoms with Crippen molar-refractivity contribution in [2.45, 2.75) is 6.10 Å². The zero-order valence-electron chi connectivity index (χ0n) is 7.06. The summed E-state index contributed by atoms with van der Waals surface area (Å²) < 4.78 is 10.2. The van der Waals surface area contributed by atoms with Crippen molar-refractivity contribution in [2.24, 2.45) is 0 Å². The minimum absolute atomic E-state index is 0.0573. The smallest absolute Gasteiger partial charge is 0.198 e. The van der Waals surface area contributed by atoms with Crippen LogP contribution in [0.1, 0.15) is 9.67 Å². The van der Waals surface area contributed by atoms with Gasteiger partial charge >= 0.3 is 0 Å². The number of rotatable bonds is 4. The summed E-state index contributed by atoms with van der Waals surface area (Å²) in [7, 11) is 0. The van der Waals surface area contributed by atoms with E-state index in [4.69, 9.17) is 9.47 Å². The Hall–Kier alpha value is -0.710. The van der Waals surface area contributed by atoms with Crippen LogP contribution in [0.25, 0.3) is 0 Å². The van der Waals surface area contributed by atoms with Gasteiger partial charge in [-0.05, 0) is 11.4 Å². The number of hydrogen-bond donors (Lipinski definition) is 0. The quantitative estimate of drug-likeness (QED) is 0.685. The highest BCUT2D eigenvalue weighted by atomic mass is 32.1. The lowest BCUT2D eigenvalue weighted by molar-refractivity contribution is -0.123. The Morgan fingerprint density at radius 1 is 1.69 bits per heavy atom. The van der Waals surface area contributed by atoms with E-state index in [0.717, 1.165) is 4.88 Å². The number of thiophene rings is 1. The normalized spacial score (nSPS) is 16.9. The van der Waals surface area contributed by atoms with E-state index >= 15 is 0 Å². The van der Waals surface area contributed by atoms with Crippen LogP contribution in [0.2, 0.25) is 0 Å². The van der Waals surface area contributed by atoms with Crippen LogP contribution in [0.15, 0.2) is 17.5 Å². The Bertz CT molecular complexity index is 277. The predicted octanol–water partition coefficient (Wildman–Crippen LogP) is 1.35. The number of hydrogen-bond acceptors (Lipinski definition) is 4. The van der Waals surface area contributed by atoms with Gasteiger partial charge in [0.15, 0.2) is 5.78 Å². The van der Waals surface area contributed by atoms with Crippen LogP contribution in [0.5, 0.6) is 0 Å². The Morgan fingerprint density at radius 3 is 3.08 bits per heavy atom. The van der Waals surface area contributed by atoms with Gasteiger partial charge in [-0.3, -0.25) is 4.79 Å². The van der Waals surface area contributed by atoms with Crippen molar-refractivity contribution in [3.05, 3.63) is 22.4 Å². The summed E-state index contributed by atoms with van der Waals surface area (Å²) in [6.45, 7) is 1.42. The van der Waals surface area contributed by atoms with E-state index in [0.29, 0.717) is 13.2 Å². The molecule has 13 heavy (non-hydrogen) atoms. The van der Waals surface area contributed by atoms with Crippen molar-refractivity contribution in [2.75, 3.05) is 19.8 Å². The molecule has 1 aliphatic heterocycles. The zero-order valence-corrected chi connectivity index (χ0v) is 7.88. The minimum Gasteiger partial charge on any atom is -0.376 e. The van der Waals surface area contributed by atoms with Crippen LogP contribution < -0.4 is 0 Å². The molecule has 0 bridgehead atoms. The second-order valence-corrected chi connectivity index (χ2v) is 3.82. The van der Waals surface area contributed by atoms with Crippen LogP contribution >= 0.6 is 11.3 Å². The predicted molar refractivity (Wildman–Crippen MR) is 49.2 cm³/mol. The van der Waals surface area contributed by atoms with Crippen LogP contribution in [0.4, 0.5) is 0 Å². The minimum atomic E-state index is 0.0573. The monoisotopic (exact) mass is 198 g/mol. The number of carbonyl (C=O) groups excluding carboxylic acids is 1. The second-order valence-electron chi connectivity index (χ2n) is 2.87. The van der Waals surface area contributed by atoms with E-state index < -0.39 is 0 Å². The Kier molecular flexibility index (Phi) is 2.73. The zero-order chi connectivity index (χ0) is 9.10. The van der Waals surface area contributed by atoms with Crippen molar-refractivity contribution in [3.8, 4) is 0 Å². The fraction of sp³-hybridized carbons (Fsp3) is 0.444. The highest BCUT2D eigenvalue weighted by Gasteiger charge is 2.20. The number of ether oxygens (including phenoxy) is 2. The lowest BCUT2D eigenvalue weighted by Gasteiger charge is -2.25. The number of carbonyl (C=O) groups is 1. The molecule has 1 aliphatic rings. The van der Waals surface area contributed by atoms with Crippen LogP contribution in [0, 0.1) is 0 Å². The highest BCUT2D eigenvalue weighted by Crippen LogP contribution is 2.11. The van der Waals surface area contributed by atoms with Gasteiger partial charge in [-0.1, -0.05) is 6.07 Å². The number of ketones is 1. The molecule has 0 aromatic carbocycles. The highest BCUT2D eigenvalue weighted by molar-refractivity contribution is 7.12. The van der Waals surface area contributed by atoms with Gasteiger partial charge in [0, 0.05) is 0 Å². The first-order chi connectivity index (χ1) is 6.36. The molecule has 0 aliphatic carbocycles. The van der Waals surface area contributed by atoms with E-state index in [-0.39, 0.29) is 18.5 Å². The first-order valence-corrected chi connectivity index (χ1v) is 5.00. The molecular formula is C9H10O3S. The maximum absolute atomic E-state index is 11.4. The summed E-state index contributed by atoms with van der Waals surface area (Å²) >= 11 is 1.45. The maximum Gasteiger partial charge on any atom is 0.198 e. The summed E-state index contributed by atoms with van der Waals surface area (Å²) in [5.41, 5.74) is 0. The Labute approximate surface area is 80.3 Å². The van der Waals surface area contributed by atoms with E-state index in [1.807, 2.05) is 17.5 Å². The second kappa shape index (κ2) is 4.00. The van der Waals surface area contributed by atoms with Gasteiger partial charge in [-0.25, -0.2) is 0 Å². The molecule has 70 valence electrons. The van der Waals surface area contributed by atoms with E-state index in [9.17, 15) is 4.79 Å². The van der Waals surface area contributed by atoms with Crippen molar-refractivity contribution in [1.29, 1.82) is 0 Å². The summed E-state index contributed by atoms with van der Waals surface area (Å²) in [6, 6.07) is 3.68. The Balaban J connectivity index is 1.78. The molecule has 1 aromatic rings. The van der Waals surface area contributed by atoms with Crippen molar-refractivity contribution in [1.82, 2.24) is 0 Å². The molecule has 1 aromatic heterocycles. The lowest BCUT2D eigenvalue weighted by Crippen LogP contribution is -2.37. The molecule has 1 fully saturated rings. The van der Waals surface area contributed by atoms with Gasteiger partial charge < -0.3 is 9.47 Å². The first-order valence-electron chi connectivity index (χ1n) is 4.12. The summed E-state index contributed by atoms with van der Waals surface area (Å²) in [6.07, 6.45) is 0.129. The molecule has 0 atom stereocenters. The molecule has 2 heterocycles. The molecule has 0 unspecified atom stereocenters. The molecular weight excluding hydrogens is 188 g/mol. The molecule has 0 amide bonds. The standard InChI is InChI=1S/C9H10O3S/c10-8(9-2-1-3-13-9)6-12-7-4-11-5-7/h1-3,7H,4-6H2. The van der Waals surface area contributed by atoms with Gasteiger partial charge in [0.1, 0.15) is 12.7 Å². The van der Waals surface area contributed by atoms with Gasteiger partial charge in [0.2, 0.25) is 0 Å². The van der Waals surface area contributed by atoms with Crippen LogP contribution in [-0.2, 0) is 9.47 Å². The Morgan fingerprint density at radius 2 is 2.54 bits per heavy atom. The molecule has 3 nitrogen and oxygen atoms in total. The number of Topliss-reactive ketones (excluding diaryl/α,β-unsaturated/α-hetero) is 1. The van der Waals surface area contributed by atoms with Crippen LogP contribution in [0.3, 0.4) is 0 Å². The first kappa shape index (κ1) is 8.87. The molecule has 0 saturated carbocycles. The largest absolute Gasteiger partial charge is 0.376 e. The third-order valence-corrected chi connectivity index (χ3v) is 2.76. The third kappa shape index (κ3) is 2.15. The van der Waals surface area contributed by atoms with Crippen molar-refractivity contribution in [3.63, 3.8) is 0 Å². The molecule has 4 heteroatoms. The average molecular weight is 198 g/mol. The molecule has 0 spiro atoms. The van der Waals surface area contributed by atoms with E-state index in [1.165, 1.54) is 11.3 Å². The third-order valence-electron chi connectivity index (χ3n) is 1.85. The van der Waals surface area contributed by atoms with E-state index in [2.05, 4.69) is 0 Å². The van der Waals surface area contributed by atoms with Crippen molar-refractivity contribution >= 4 is 17.1 Å². The molecule has 2 rings (SSSR count).